The highest BCUT2D eigenvalue weighted by atomic mass is 79.9. The van der Waals surface area contributed by atoms with Crippen LogP contribution < -0.4 is 14.8 Å². The fourth-order valence-corrected chi connectivity index (χ4v) is 2.69. The third-order valence-corrected chi connectivity index (χ3v) is 3.86. The Hall–Kier alpha value is -1.82. The summed E-state index contributed by atoms with van der Waals surface area (Å²) in [6.45, 7) is 4.78. The van der Waals surface area contributed by atoms with Crippen molar-refractivity contribution in [3.05, 3.63) is 40.1 Å². The summed E-state index contributed by atoms with van der Waals surface area (Å²) in [5.74, 6) is 2.47. The van der Waals surface area contributed by atoms with E-state index in [9.17, 15) is 0 Å². The lowest BCUT2D eigenvalue weighted by atomic mass is 10.1. The number of anilines is 1. The lowest BCUT2D eigenvalue weighted by molar-refractivity contribution is 0.391. The summed E-state index contributed by atoms with van der Waals surface area (Å²) < 4.78 is 11.5. The summed E-state index contributed by atoms with van der Waals surface area (Å²) >= 11 is 3.48. The molecule has 0 saturated heterocycles. The Morgan fingerprint density at radius 1 is 1.23 bits per heavy atom. The third kappa shape index (κ3) is 3.88. The molecule has 0 atom stereocenters. The maximum Gasteiger partial charge on any atom is 0.223 e. The van der Waals surface area contributed by atoms with Crippen LogP contribution in [0.2, 0.25) is 0 Å². The van der Waals surface area contributed by atoms with E-state index in [0.717, 1.165) is 27.2 Å². The van der Waals surface area contributed by atoms with Gasteiger partial charge >= 0.3 is 0 Å². The van der Waals surface area contributed by atoms with Crippen LogP contribution >= 0.6 is 15.9 Å². The van der Waals surface area contributed by atoms with Gasteiger partial charge in [0, 0.05) is 24.4 Å². The molecule has 1 aromatic heterocycles. The number of methoxy groups -OCH3 is 2. The van der Waals surface area contributed by atoms with Gasteiger partial charge in [0.2, 0.25) is 5.95 Å². The summed E-state index contributed by atoms with van der Waals surface area (Å²) in [4.78, 5) is 8.83. The first-order chi connectivity index (χ1) is 10.5. The average molecular weight is 366 g/mol. The quantitative estimate of drug-likeness (QED) is 0.838. The Bertz CT molecular complexity index is 647. The minimum atomic E-state index is 0.327. The van der Waals surface area contributed by atoms with E-state index in [2.05, 4.69) is 45.1 Å². The summed E-state index contributed by atoms with van der Waals surface area (Å²) in [5.41, 5.74) is 2.00. The van der Waals surface area contributed by atoms with Crippen LogP contribution in [0.4, 0.5) is 5.95 Å². The smallest absolute Gasteiger partial charge is 0.223 e. The zero-order chi connectivity index (χ0) is 16.1. The van der Waals surface area contributed by atoms with Crippen molar-refractivity contribution in [2.75, 3.05) is 19.5 Å². The van der Waals surface area contributed by atoms with E-state index >= 15 is 0 Å². The molecule has 1 aromatic carbocycles. The molecule has 0 aliphatic carbocycles. The highest BCUT2D eigenvalue weighted by molar-refractivity contribution is 9.10. The number of ether oxygens (including phenoxy) is 2. The zero-order valence-corrected chi connectivity index (χ0v) is 14.8. The Balaban J connectivity index is 2.15. The first kappa shape index (κ1) is 16.5. The third-order valence-electron chi connectivity index (χ3n) is 3.25. The van der Waals surface area contributed by atoms with Crippen molar-refractivity contribution in [2.24, 2.45) is 0 Å². The maximum absolute atomic E-state index is 5.39. The maximum atomic E-state index is 5.39. The van der Waals surface area contributed by atoms with Gasteiger partial charge in [-0.1, -0.05) is 13.8 Å². The normalized spacial score (nSPS) is 10.6. The number of aromatic nitrogens is 2. The lowest BCUT2D eigenvalue weighted by Gasteiger charge is -2.13. The summed E-state index contributed by atoms with van der Waals surface area (Å²) in [5, 5.41) is 3.23. The van der Waals surface area contributed by atoms with Crippen molar-refractivity contribution in [1.82, 2.24) is 9.97 Å². The molecule has 1 heterocycles. The van der Waals surface area contributed by atoms with E-state index in [1.54, 1.807) is 20.4 Å². The van der Waals surface area contributed by atoms with Crippen molar-refractivity contribution in [3.8, 4) is 11.5 Å². The number of hydrogen-bond donors (Lipinski definition) is 1. The molecule has 6 heteroatoms. The van der Waals surface area contributed by atoms with E-state index in [-0.39, 0.29) is 0 Å². The van der Waals surface area contributed by atoms with Gasteiger partial charge in [-0.2, -0.15) is 0 Å². The van der Waals surface area contributed by atoms with Crippen LogP contribution in [-0.4, -0.2) is 24.2 Å². The number of rotatable bonds is 6. The van der Waals surface area contributed by atoms with Crippen LogP contribution in [0.5, 0.6) is 11.5 Å². The van der Waals surface area contributed by atoms with Crippen LogP contribution in [0.15, 0.2) is 28.9 Å². The molecule has 5 nitrogen and oxygen atoms in total. The van der Waals surface area contributed by atoms with E-state index < -0.39 is 0 Å². The molecule has 1 N–H and O–H groups in total. The molecule has 118 valence electrons. The van der Waals surface area contributed by atoms with Gasteiger partial charge in [0.1, 0.15) is 11.5 Å². The van der Waals surface area contributed by atoms with Gasteiger partial charge in [0.15, 0.2) is 0 Å². The van der Waals surface area contributed by atoms with Gasteiger partial charge in [-0.3, -0.25) is 0 Å². The predicted octanol–water partition coefficient (Wildman–Crippen LogP) is 3.99. The number of hydrogen-bond acceptors (Lipinski definition) is 5. The molecule has 0 aliphatic rings. The number of halogens is 1. The second-order valence-electron chi connectivity index (χ2n) is 5.11. The number of nitrogens with zero attached hydrogens (tertiary/aromatic N) is 2. The zero-order valence-electron chi connectivity index (χ0n) is 13.2. The SMILES string of the molecule is COc1ccc(CNc2ncc(Br)c(C(C)C)n2)c(OC)c1. The van der Waals surface area contributed by atoms with E-state index in [0.29, 0.717) is 18.4 Å². The van der Waals surface area contributed by atoms with Crippen LogP contribution in [-0.2, 0) is 6.54 Å². The molecule has 2 aromatic rings. The first-order valence-corrected chi connectivity index (χ1v) is 7.81. The van der Waals surface area contributed by atoms with Crippen LogP contribution in [0.1, 0.15) is 31.0 Å². The molecule has 0 spiro atoms. The monoisotopic (exact) mass is 365 g/mol. The summed E-state index contributed by atoms with van der Waals surface area (Å²) in [6, 6.07) is 5.73. The molecular formula is C16H20BrN3O2. The molecular weight excluding hydrogens is 346 g/mol. The minimum absolute atomic E-state index is 0.327. The number of benzene rings is 1. The van der Waals surface area contributed by atoms with Gasteiger partial charge in [-0.05, 0) is 34.0 Å². The molecule has 22 heavy (non-hydrogen) atoms. The Kier molecular flexibility index (Phi) is 5.60. The van der Waals surface area contributed by atoms with E-state index in [1.165, 1.54) is 0 Å². The van der Waals surface area contributed by atoms with Crippen molar-refractivity contribution in [3.63, 3.8) is 0 Å². The molecule has 0 bridgehead atoms. The van der Waals surface area contributed by atoms with Crippen molar-refractivity contribution < 1.29 is 9.47 Å². The minimum Gasteiger partial charge on any atom is -0.497 e. The fourth-order valence-electron chi connectivity index (χ4n) is 2.04. The highest BCUT2D eigenvalue weighted by Gasteiger charge is 2.10. The summed E-state index contributed by atoms with van der Waals surface area (Å²) in [6.07, 6.45) is 1.77. The molecule has 0 unspecified atom stereocenters. The van der Waals surface area contributed by atoms with Gasteiger partial charge in [0.05, 0.1) is 24.4 Å². The van der Waals surface area contributed by atoms with E-state index in [1.807, 2.05) is 18.2 Å². The molecule has 0 fully saturated rings. The highest BCUT2D eigenvalue weighted by Crippen LogP contribution is 2.26. The predicted molar refractivity (Wildman–Crippen MR) is 90.7 cm³/mol. The summed E-state index contributed by atoms with van der Waals surface area (Å²) in [7, 11) is 3.28. The van der Waals surface area contributed by atoms with Gasteiger partial charge in [0.25, 0.3) is 0 Å². The largest absolute Gasteiger partial charge is 0.497 e. The second kappa shape index (κ2) is 7.45. The molecule has 2 rings (SSSR count). The van der Waals surface area contributed by atoms with Gasteiger partial charge < -0.3 is 14.8 Å². The topological polar surface area (TPSA) is 56.3 Å². The fraction of sp³-hybridized carbons (Fsp3) is 0.375. The molecule has 0 radical (unpaired) electrons. The van der Waals surface area contributed by atoms with Gasteiger partial charge in [-0.25, -0.2) is 9.97 Å². The van der Waals surface area contributed by atoms with Crippen LogP contribution in [0, 0.1) is 0 Å². The lowest BCUT2D eigenvalue weighted by Crippen LogP contribution is -2.07. The van der Waals surface area contributed by atoms with Crippen molar-refractivity contribution >= 4 is 21.9 Å². The number of nitrogens with one attached hydrogen (secondary N) is 1. The van der Waals surface area contributed by atoms with Crippen LogP contribution in [0.25, 0.3) is 0 Å². The Morgan fingerprint density at radius 3 is 2.64 bits per heavy atom. The van der Waals surface area contributed by atoms with Crippen LogP contribution in [0.3, 0.4) is 0 Å². The van der Waals surface area contributed by atoms with Gasteiger partial charge in [-0.15, -0.1) is 0 Å². The van der Waals surface area contributed by atoms with Crippen molar-refractivity contribution in [2.45, 2.75) is 26.3 Å². The van der Waals surface area contributed by atoms with E-state index in [4.69, 9.17) is 9.47 Å². The van der Waals surface area contributed by atoms with Crippen molar-refractivity contribution in [1.29, 1.82) is 0 Å². The first-order valence-electron chi connectivity index (χ1n) is 7.02. The standard InChI is InChI=1S/C16H20BrN3O2/c1-10(2)15-13(17)9-19-16(20-15)18-8-11-5-6-12(21-3)7-14(11)22-4/h5-7,9-10H,8H2,1-4H3,(H,18,19,20). The second-order valence-corrected chi connectivity index (χ2v) is 5.97. The Morgan fingerprint density at radius 2 is 2.00 bits per heavy atom. The molecule has 0 aliphatic heterocycles. The molecule has 0 amide bonds. The Labute approximate surface area is 139 Å². The molecule has 0 saturated carbocycles. The average Bonchev–Trinajstić information content (AvgIpc) is 2.53.